The van der Waals surface area contributed by atoms with Gasteiger partial charge in [0.2, 0.25) is 0 Å². The Hall–Kier alpha value is -2.80. The number of aromatic nitrogens is 5. The topological polar surface area (TPSA) is 96.7 Å². The van der Waals surface area contributed by atoms with Crippen molar-refractivity contribution >= 4 is 21.6 Å². The van der Waals surface area contributed by atoms with E-state index in [0.29, 0.717) is 52.1 Å². The Morgan fingerprint density at radius 3 is 2.68 bits per heavy atom. The van der Waals surface area contributed by atoms with Gasteiger partial charge < -0.3 is 13.9 Å². The smallest absolute Gasteiger partial charge is 0.191 e. The zero-order valence-electron chi connectivity index (χ0n) is 15.4. The number of hydrogen-bond acceptors (Lipinski definition) is 7. The third-order valence-corrected chi connectivity index (χ3v) is 5.48. The molecular formula is C18H17BrFN7O. The van der Waals surface area contributed by atoms with Crippen LogP contribution in [0, 0.1) is 18.3 Å². The first-order chi connectivity index (χ1) is 13.4. The van der Waals surface area contributed by atoms with Crippen LogP contribution < -0.4 is 4.90 Å². The van der Waals surface area contributed by atoms with Crippen LogP contribution in [-0.4, -0.2) is 37.8 Å². The lowest BCUT2D eigenvalue weighted by atomic mass is 9.92. The highest BCUT2D eigenvalue weighted by atomic mass is 79.9. The highest BCUT2D eigenvalue weighted by Crippen LogP contribution is 2.40. The van der Waals surface area contributed by atoms with Gasteiger partial charge in [-0.25, -0.2) is 14.4 Å². The number of oxazole rings is 1. The molecule has 3 aromatic rings. The van der Waals surface area contributed by atoms with Crippen LogP contribution >= 0.6 is 15.9 Å². The quantitative estimate of drug-likeness (QED) is 0.570. The molecule has 0 unspecified atom stereocenters. The van der Waals surface area contributed by atoms with Crippen LogP contribution in [0.4, 0.5) is 10.1 Å². The third kappa shape index (κ3) is 3.16. The van der Waals surface area contributed by atoms with E-state index in [9.17, 15) is 5.26 Å². The third-order valence-electron chi connectivity index (χ3n) is 4.93. The minimum absolute atomic E-state index is 0.250. The van der Waals surface area contributed by atoms with Crippen molar-refractivity contribution in [1.82, 2.24) is 24.7 Å². The highest BCUT2D eigenvalue weighted by molar-refractivity contribution is 9.10. The van der Waals surface area contributed by atoms with Gasteiger partial charge in [0.05, 0.1) is 17.4 Å². The van der Waals surface area contributed by atoms with Gasteiger partial charge in [-0.3, -0.25) is 0 Å². The first-order valence-electron chi connectivity index (χ1n) is 8.73. The van der Waals surface area contributed by atoms with E-state index < -0.39 is 5.67 Å². The second-order valence-corrected chi connectivity index (χ2v) is 7.52. The molecule has 1 fully saturated rings. The molecule has 0 aliphatic carbocycles. The Kier molecular flexibility index (Phi) is 4.63. The summed E-state index contributed by atoms with van der Waals surface area (Å²) in [5, 5.41) is 17.4. The molecule has 144 valence electrons. The summed E-state index contributed by atoms with van der Waals surface area (Å²) in [6, 6.07) is 3.88. The lowest BCUT2D eigenvalue weighted by Gasteiger charge is -2.37. The summed E-state index contributed by atoms with van der Waals surface area (Å²) < 4.78 is 23.0. The van der Waals surface area contributed by atoms with E-state index in [1.54, 1.807) is 30.8 Å². The normalized spacial score (nSPS) is 16.2. The first-order valence-corrected chi connectivity index (χ1v) is 9.52. The molecule has 0 saturated carbocycles. The Bertz CT molecular complexity index is 1060. The molecule has 0 bridgehead atoms. The second-order valence-electron chi connectivity index (χ2n) is 6.77. The summed E-state index contributed by atoms with van der Waals surface area (Å²) in [6.07, 6.45) is 3.57. The second kappa shape index (κ2) is 6.98. The molecule has 28 heavy (non-hydrogen) atoms. The van der Waals surface area contributed by atoms with E-state index in [2.05, 4.69) is 42.2 Å². The van der Waals surface area contributed by atoms with Crippen LogP contribution in [0.25, 0.3) is 11.5 Å². The predicted octanol–water partition coefficient (Wildman–Crippen LogP) is 3.27. The van der Waals surface area contributed by atoms with E-state index in [4.69, 9.17) is 4.42 Å². The van der Waals surface area contributed by atoms with Gasteiger partial charge in [-0.15, -0.1) is 10.2 Å². The van der Waals surface area contributed by atoms with E-state index in [-0.39, 0.29) is 12.8 Å². The van der Waals surface area contributed by atoms with E-state index >= 15 is 4.39 Å². The summed E-state index contributed by atoms with van der Waals surface area (Å²) in [7, 11) is 1.74. The van der Waals surface area contributed by atoms with Crippen LogP contribution in [0.3, 0.4) is 0 Å². The number of rotatable bonds is 3. The lowest BCUT2D eigenvalue weighted by Crippen LogP contribution is -2.42. The number of hydrogen-bond donors (Lipinski definition) is 0. The standard InChI is InChI=1S/C18H17BrFN7O/c1-11-22-9-14(28-11)13-7-12(8-21)15(16(19)24-13)27-5-3-18(20,4-6-27)17-25-23-10-26(17)2/h7,9-10H,3-6H2,1-2H3. The predicted molar refractivity (Wildman–Crippen MR) is 102 cm³/mol. The maximum Gasteiger partial charge on any atom is 0.191 e. The lowest BCUT2D eigenvalue weighted by molar-refractivity contribution is 0.109. The largest absolute Gasteiger partial charge is 0.439 e. The van der Waals surface area contributed by atoms with Crippen LogP contribution in [-0.2, 0) is 12.7 Å². The van der Waals surface area contributed by atoms with E-state index in [0.717, 1.165) is 0 Å². The van der Waals surface area contributed by atoms with Crippen molar-refractivity contribution in [3.63, 3.8) is 0 Å². The van der Waals surface area contributed by atoms with E-state index in [1.165, 1.54) is 6.33 Å². The molecule has 0 atom stereocenters. The minimum atomic E-state index is -1.54. The minimum Gasteiger partial charge on any atom is -0.439 e. The molecule has 4 rings (SSSR count). The van der Waals surface area contributed by atoms with Crippen molar-refractivity contribution in [3.05, 3.63) is 40.5 Å². The summed E-state index contributed by atoms with van der Waals surface area (Å²) in [5.41, 5.74) is 0.0772. The molecule has 4 heterocycles. The number of nitriles is 1. The molecule has 3 aromatic heterocycles. The molecule has 1 aliphatic rings. The van der Waals surface area contributed by atoms with Gasteiger partial charge in [-0.05, 0) is 22.0 Å². The summed E-state index contributed by atoms with van der Waals surface area (Å²) in [4.78, 5) is 10.6. The molecule has 1 saturated heterocycles. The first kappa shape index (κ1) is 18.6. The molecule has 8 nitrogen and oxygen atoms in total. The Morgan fingerprint density at radius 2 is 2.11 bits per heavy atom. The van der Waals surface area contributed by atoms with Gasteiger partial charge in [0.1, 0.15) is 22.7 Å². The van der Waals surface area contributed by atoms with Crippen molar-refractivity contribution in [2.75, 3.05) is 18.0 Å². The van der Waals surface area contributed by atoms with Crippen LogP contribution in [0.15, 0.2) is 27.6 Å². The van der Waals surface area contributed by atoms with Crippen molar-refractivity contribution in [2.24, 2.45) is 7.05 Å². The average Bonchev–Trinajstić information content (AvgIpc) is 3.31. The fourth-order valence-electron chi connectivity index (χ4n) is 3.50. The van der Waals surface area contributed by atoms with E-state index in [1.807, 2.05) is 4.90 Å². The Morgan fingerprint density at radius 1 is 1.36 bits per heavy atom. The van der Waals surface area contributed by atoms with Gasteiger partial charge in [-0.2, -0.15) is 5.26 Å². The fraction of sp³-hybridized carbons (Fsp3) is 0.389. The Labute approximate surface area is 169 Å². The van der Waals surface area contributed by atoms with Gasteiger partial charge in [-0.1, -0.05) is 0 Å². The summed E-state index contributed by atoms with van der Waals surface area (Å²) in [5.74, 6) is 1.35. The van der Waals surface area contributed by atoms with Crippen LogP contribution in [0.5, 0.6) is 0 Å². The number of pyridine rings is 1. The van der Waals surface area contributed by atoms with Crippen molar-refractivity contribution in [3.8, 4) is 17.5 Å². The molecule has 0 spiro atoms. The summed E-state index contributed by atoms with van der Waals surface area (Å²) >= 11 is 3.47. The molecule has 0 radical (unpaired) electrons. The van der Waals surface area contributed by atoms with Crippen LogP contribution in [0.1, 0.15) is 30.1 Å². The van der Waals surface area contributed by atoms with Crippen LogP contribution in [0.2, 0.25) is 0 Å². The maximum absolute atomic E-state index is 15.4. The number of nitrogens with zero attached hydrogens (tertiary/aromatic N) is 7. The number of aryl methyl sites for hydroxylation is 2. The number of halogens is 2. The monoisotopic (exact) mass is 445 g/mol. The molecule has 0 N–H and O–H groups in total. The summed E-state index contributed by atoms with van der Waals surface area (Å²) in [6.45, 7) is 2.60. The molecular weight excluding hydrogens is 429 g/mol. The van der Waals surface area contributed by atoms with Gasteiger partial charge in [0.25, 0.3) is 0 Å². The average molecular weight is 446 g/mol. The molecule has 0 amide bonds. The number of anilines is 1. The van der Waals surface area contributed by atoms with Gasteiger partial charge in [0.15, 0.2) is 23.1 Å². The van der Waals surface area contributed by atoms with Crippen molar-refractivity contribution < 1.29 is 8.81 Å². The Balaban J connectivity index is 1.62. The highest BCUT2D eigenvalue weighted by Gasteiger charge is 2.41. The zero-order valence-corrected chi connectivity index (χ0v) is 16.9. The van der Waals surface area contributed by atoms with Gasteiger partial charge >= 0.3 is 0 Å². The number of piperidine rings is 1. The zero-order chi connectivity index (χ0) is 19.9. The van der Waals surface area contributed by atoms with Crippen molar-refractivity contribution in [2.45, 2.75) is 25.4 Å². The van der Waals surface area contributed by atoms with Gasteiger partial charge in [0, 0.05) is 39.9 Å². The number of alkyl halides is 1. The van der Waals surface area contributed by atoms with Crippen molar-refractivity contribution in [1.29, 1.82) is 5.26 Å². The fourth-order valence-corrected chi connectivity index (χ4v) is 4.15. The molecule has 0 aromatic carbocycles. The SMILES string of the molecule is Cc1ncc(-c2cc(C#N)c(N3CCC(F)(c4nncn4C)CC3)c(Br)n2)o1. The molecule has 1 aliphatic heterocycles. The molecule has 10 heteroatoms. The maximum atomic E-state index is 15.4.